The van der Waals surface area contributed by atoms with Crippen LogP contribution in [0, 0.1) is 0 Å². The molecule has 2 heterocycles. The lowest BCUT2D eigenvalue weighted by Gasteiger charge is -2.13. The van der Waals surface area contributed by atoms with Gasteiger partial charge >= 0.3 is 0 Å². The summed E-state index contributed by atoms with van der Waals surface area (Å²) in [6, 6.07) is 3.90. The van der Waals surface area contributed by atoms with Crippen LogP contribution >= 0.6 is 11.6 Å². The van der Waals surface area contributed by atoms with Crippen molar-refractivity contribution in [3.8, 4) is 0 Å². The first-order valence-corrected chi connectivity index (χ1v) is 6.38. The van der Waals surface area contributed by atoms with Gasteiger partial charge in [-0.15, -0.1) is 0 Å². The quantitative estimate of drug-likeness (QED) is 0.904. The van der Waals surface area contributed by atoms with Gasteiger partial charge in [0.1, 0.15) is 0 Å². The molecule has 0 aliphatic heterocycles. The second-order valence-electron chi connectivity index (χ2n) is 4.10. The molecule has 5 heteroatoms. The molecule has 0 fully saturated rings. The topological polar surface area (TPSA) is 50.9 Å². The van der Waals surface area contributed by atoms with Crippen molar-refractivity contribution in [2.75, 3.05) is 0 Å². The molecule has 0 saturated carbocycles. The SMILES string of the molecule is CCn1ncc(Cl)c1C(O)CCc1ccncc1. The monoisotopic (exact) mass is 265 g/mol. The third-order valence-corrected chi connectivity index (χ3v) is 3.20. The lowest BCUT2D eigenvalue weighted by atomic mass is 10.1. The smallest absolute Gasteiger partial charge is 0.0975 e. The number of nitrogens with zero attached hydrogens (tertiary/aromatic N) is 3. The molecule has 1 atom stereocenters. The first kappa shape index (κ1) is 13.1. The summed E-state index contributed by atoms with van der Waals surface area (Å²) in [6.45, 7) is 2.68. The standard InChI is InChI=1S/C13H16ClN3O/c1-2-17-13(11(14)9-16-17)12(18)4-3-10-5-7-15-8-6-10/h5-9,12,18H,2-4H2,1H3. The molecule has 18 heavy (non-hydrogen) atoms. The number of aliphatic hydroxyl groups excluding tert-OH is 1. The van der Waals surface area contributed by atoms with E-state index in [1.807, 2.05) is 19.1 Å². The van der Waals surface area contributed by atoms with Crippen molar-refractivity contribution in [2.24, 2.45) is 0 Å². The van der Waals surface area contributed by atoms with Crippen molar-refractivity contribution in [1.82, 2.24) is 14.8 Å². The molecule has 0 saturated heterocycles. The van der Waals surface area contributed by atoms with E-state index in [0.717, 1.165) is 12.0 Å². The Morgan fingerprint density at radius 2 is 2.11 bits per heavy atom. The number of hydrogen-bond acceptors (Lipinski definition) is 3. The number of pyridine rings is 1. The number of aromatic nitrogens is 3. The summed E-state index contributed by atoms with van der Waals surface area (Å²) in [6.07, 6.45) is 5.91. The van der Waals surface area contributed by atoms with E-state index < -0.39 is 6.10 Å². The molecule has 1 unspecified atom stereocenters. The zero-order valence-corrected chi connectivity index (χ0v) is 11.0. The highest BCUT2D eigenvalue weighted by molar-refractivity contribution is 6.31. The summed E-state index contributed by atoms with van der Waals surface area (Å²) in [4.78, 5) is 3.97. The highest BCUT2D eigenvalue weighted by Gasteiger charge is 2.17. The average molecular weight is 266 g/mol. The number of rotatable bonds is 5. The van der Waals surface area contributed by atoms with Crippen LogP contribution in [0.3, 0.4) is 0 Å². The van der Waals surface area contributed by atoms with Crippen molar-refractivity contribution in [2.45, 2.75) is 32.4 Å². The van der Waals surface area contributed by atoms with Crippen LogP contribution in [0.25, 0.3) is 0 Å². The zero-order valence-electron chi connectivity index (χ0n) is 10.3. The van der Waals surface area contributed by atoms with Gasteiger partial charge in [0, 0.05) is 18.9 Å². The first-order valence-electron chi connectivity index (χ1n) is 6.00. The van der Waals surface area contributed by atoms with Crippen molar-refractivity contribution < 1.29 is 5.11 Å². The largest absolute Gasteiger partial charge is 0.387 e. The van der Waals surface area contributed by atoms with Crippen LogP contribution in [0.1, 0.15) is 30.7 Å². The molecule has 2 aromatic heterocycles. The van der Waals surface area contributed by atoms with Crippen LogP contribution in [0.15, 0.2) is 30.7 Å². The zero-order chi connectivity index (χ0) is 13.0. The van der Waals surface area contributed by atoms with Crippen LogP contribution in [0.2, 0.25) is 5.02 Å². The van der Waals surface area contributed by atoms with Crippen molar-refractivity contribution in [3.05, 3.63) is 47.0 Å². The van der Waals surface area contributed by atoms with Gasteiger partial charge in [-0.05, 0) is 37.5 Å². The van der Waals surface area contributed by atoms with Crippen LogP contribution in [-0.4, -0.2) is 19.9 Å². The maximum atomic E-state index is 10.2. The van der Waals surface area contributed by atoms with Gasteiger partial charge in [0.05, 0.1) is 23.0 Å². The predicted octanol–water partition coefficient (Wildman–Crippen LogP) is 2.62. The van der Waals surface area contributed by atoms with Gasteiger partial charge in [-0.25, -0.2) is 0 Å². The maximum Gasteiger partial charge on any atom is 0.0975 e. The van der Waals surface area contributed by atoms with E-state index in [1.54, 1.807) is 23.3 Å². The predicted molar refractivity (Wildman–Crippen MR) is 70.4 cm³/mol. The number of hydrogen-bond donors (Lipinski definition) is 1. The van der Waals surface area contributed by atoms with Crippen LogP contribution in [0.4, 0.5) is 0 Å². The molecule has 0 amide bonds. The second-order valence-corrected chi connectivity index (χ2v) is 4.51. The van der Waals surface area contributed by atoms with E-state index in [-0.39, 0.29) is 0 Å². The molecule has 0 radical (unpaired) electrons. The Morgan fingerprint density at radius 1 is 1.39 bits per heavy atom. The molecule has 0 spiro atoms. The van der Waals surface area contributed by atoms with Gasteiger partial charge in [-0.1, -0.05) is 11.6 Å². The minimum atomic E-state index is -0.590. The Hall–Kier alpha value is -1.39. The summed E-state index contributed by atoms with van der Waals surface area (Å²) in [5.41, 5.74) is 1.86. The second kappa shape index (κ2) is 5.98. The Labute approximate surface area is 111 Å². The van der Waals surface area contributed by atoms with Gasteiger partial charge in [0.2, 0.25) is 0 Å². The van der Waals surface area contributed by atoms with Gasteiger partial charge in [-0.3, -0.25) is 9.67 Å². The van der Waals surface area contributed by atoms with Gasteiger partial charge in [-0.2, -0.15) is 5.10 Å². The molecule has 96 valence electrons. The molecule has 0 aliphatic rings. The Morgan fingerprint density at radius 3 is 2.78 bits per heavy atom. The Balaban J connectivity index is 2.03. The number of halogens is 1. The molecule has 0 aliphatic carbocycles. The minimum Gasteiger partial charge on any atom is -0.387 e. The third-order valence-electron chi connectivity index (χ3n) is 2.90. The van der Waals surface area contributed by atoms with E-state index in [2.05, 4.69) is 10.1 Å². The highest BCUT2D eigenvalue weighted by atomic mass is 35.5. The van der Waals surface area contributed by atoms with E-state index in [4.69, 9.17) is 11.6 Å². The highest BCUT2D eigenvalue weighted by Crippen LogP contribution is 2.26. The number of aryl methyl sites for hydroxylation is 2. The normalized spacial score (nSPS) is 12.6. The van der Waals surface area contributed by atoms with Gasteiger partial charge < -0.3 is 5.11 Å². The fraction of sp³-hybridized carbons (Fsp3) is 0.385. The molecular weight excluding hydrogens is 250 g/mol. The van der Waals surface area contributed by atoms with E-state index >= 15 is 0 Å². The average Bonchev–Trinajstić information content (AvgIpc) is 2.78. The fourth-order valence-electron chi connectivity index (χ4n) is 1.94. The van der Waals surface area contributed by atoms with Gasteiger partial charge in [0.25, 0.3) is 0 Å². The van der Waals surface area contributed by atoms with Crippen molar-refractivity contribution >= 4 is 11.6 Å². The lowest BCUT2D eigenvalue weighted by Crippen LogP contribution is -2.09. The molecule has 4 nitrogen and oxygen atoms in total. The van der Waals surface area contributed by atoms with E-state index in [1.165, 1.54) is 0 Å². The summed E-state index contributed by atoms with van der Waals surface area (Å²) in [5, 5.41) is 14.9. The molecule has 2 rings (SSSR count). The molecule has 1 N–H and O–H groups in total. The van der Waals surface area contributed by atoms with Gasteiger partial charge in [0.15, 0.2) is 0 Å². The van der Waals surface area contributed by atoms with Crippen molar-refractivity contribution in [3.63, 3.8) is 0 Å². The first-order chi connectivity index (χ1) is 8.72. The summed E-state index contributed by atoms with van der Waals surface area (Å²) in [5.74, 6) is 0. The maximum absolute atomic E-state index is 10.2. The van der Waals surface area contributed by atoms with Crippen LogP contribution < -0.4 is 0 Å². The number of aliphatic hydroxyl groups is 1. The van der Waals surface area contributed by atoms with E-state index in [9.17, 15) is 5.11 Å². The molecular formula is C13H16ClN3O. The summed E-state index contributed by atoms with van der Waals surface area (Å²) >= 11 is 6.05. The Kier molecular flexibility index (Phi) is 4.33. The molecule has 0 bridgehead atoms. The third kappa shape index (κ3) is 2.89. The van der Waals surface area contributed by atoms with Crippen molar-refractivity contribution in [1.29, 1.82) is 0 Å². The Bertz CT molecular complexity index is 498. The van der Waals surface area contributed by atoms with Crippen LogP contribution in [0.5, 0.6) is 0 Å². The summed E-state index contributed by atoms with van der Waals surface area (Å²) < 4.78 is 1.74. The summed E-state index contributed by atoms with van der Waals surface area (Å²) in [7, 11) is 0. The van der Waals surface area contributed by atoms with Crippen LogP contribution in [-0.2, 0) is 13.0 Å². The minimum absolute atomic E-state index is 0.527. The molecule has 0 aromatic carbocycles. The fourth-order valence-corrected chi connectivity index (χ4v) is 2.21. The van der Waals surface area contributed by atoms with E-state index in [0.29, 0.717) is 23.7 Å². The molecule has 2 aromatic rings. The lowest BCUT2D eigenvalue weighted by molar-refractivity contribution is 0.157.